The zero-order chi connectivity index (χ0) is 15.6. The van der Waals surface area contributed by atoms with Crippen molar-refractivity contribution in [1.29, 1.82) is 0 Å². The Bertz CT molecular complexity index is 782. The van der Waals surface area contributed by atoms with E-state index in [4.69, 9.17) is 4.52 Å². The van der Waals surface area contributed by atoms with Gasteiger partial charge in [0, 0.05) is 13.1 Å². The summed E-state index contributed by atoms with van der Waals surface area (Å²) >= 11 is 0. The zero-order valence-corrected chi connectivity index (χ0v) is 12.8. The number of aromatic nitrogens is 6. The Labute approximate surface area is 133 Å². The van der Waals surface area contributed by atoms with E-state index < -0.39 is 0 Å². The van der Waals surface area contributed by atoms with E-state index in [1.54, 1.807) is 4.68 Å². The predicted molar refractivity (Wildman–Crippen MR) is 82.4 cm³/mol. The maximum atomic E-state index is 5.34. The standard InChI is InChI=1S/C15H17N7O/c1-11-16-14(23-18-11)12-6-5-9-21(10-12)15-17-19-20-22(15)13-7-3-2-4-8-13/h2-4,7-8,12H,5-6,9-10H2,1H3/t12-/m1/s1. The largest absolute Gasteiger partial charge is 0.339 e. The number of hydrogen-bond acceptors (Lipinski definition) is 7. The summed E-state index contributed by atoms with van der Waals surface area (Å²) < 4.78 is 7.10. The topological polar surface area (TPSA) is 85.8 Å². The first-order valence-corrected chi connectivity index (χ1v) is 7.70. The number of nitrogens with zero attached hydrogens (tertiary/aromatic N) is 7. The van der Waals surface area contributed by atoms with Crippen LogP contribution in [0.1, 0.15) is 30.5 Å². The number of aryl methyl sites for hydroxylation is 1. The second-order valence-electron chi connectivity index (χ2n) is 5.69. The van der Waals surface area contributed by atoms with Crippen LogP contribution in [0.4, 0.5) is 5.95 Å². The summed E-state index contributed by atoms with van der Waals surface area (Å²) in [4.78, 5) is 6.55. The van der Waals surface area contributed by atoms with E-state index in [0.29, 0.717) is 11.7 Å². The molecule has 3 aromatic rings. The highest BCUT2D eigenvalue weighted by Gasteiger charge is 2.28. The molecule has 118 valence electrons. The van der Waals surface area contributed by atoms with E-state index in [1.807, 2.05) is 37.3 Å². The monoisotopic (exact) mass is 311 g/mol. The number of benzene rings is 1. The molecular weight excluding hydrogens is 294 g/mol. The van der Waals surface area contributed by atoms with E-state index in [-0.39, 0.29) is 5.92 Å². The maximum absolute atomic E-state index is 5.34. The van der Waals surface area contributed by atoms with Gasteiger partial charge in [-0.2, -0.15) is 9.67 Å². The molecule has 0 amide bonds. The summed E-state index contributed by atoms with van der Waals surface area (Å²) in [5, 5.41) is 16.1. The highest BCUT2D eigenvalue weighted by molar-refractivity contribution is 5.41. The van der Waals surface area contributed by atoms with E-state index in [1.165, 1.54) is 0 Å². The van der Waals surface area contributed by atoms with Gasteiger partial charge in [0.25, 0.3) is 0 Å². The molecule has 0 N–H and O–H groups in total. The summed E-state index contributed by atoms with van der Waals surface area (Å²) in [5.41, 5.74) is 0.947. The molecule has 8 heteroatoms. The van der Waals surface area contributed by atoms with Crippen molar-refractivity contribution in [2.45, 2.75) is 25.7 Å². The van der Waals surface area contributed by atoms with E-state index in [2.05, 4.69) is 30.6 Å². The van der Waals surface area contributed by atoms with Crippen LogP contribution in [0.25, 0.3) is 5.69 Å². The van der Waals surface area contributed by atoms with Crippen molar-refractivity contribution in [1.82, 2.24) is 30.3 Å². The first-order chi connectivity index (χ1) is 11.3. The lowest BCUT2D eigenvalue weighted by molar-refractivity contribution is 0.330. The second kappa shape index (κ2) is 5.79. The normalized spacial score (nSPS) is 18.3. The minimum absolute atomic E-state index is 0.214. The lowest BCUT2D eigenvalue weighted by Gasteiger charge is -2.31. The zero-order valence-electron chi connectivity index (χ0n) is 12.8. The fourth-order valence-corrected chi connectivity index (χ4v) is 2.96. The van der Waals surface area contributed by atoms with Gasteiger partial charge in [-0.25, -0.2) is 0 Å². The van der Waals surface area contributed by atoms with Gasteiger partial charge in [0.1, 0.15) is 0 Å². The predicted octanol–water partition coefficient (Wildman–Crippen LogP) is 1.74. The summed E-state index contributed by atoms with van der Waals surface area (Å²) in [5.74, 6) is 2.33. The number of anilines is 1. The highest BCUT2D eigenvalue weighted by Crippen LogP contribution is 2.28. The van der Waals surface area contributed by atoms with Crippen molar-refractivity contribution in [2.24, 2.45) is 0 Å². The maximum Gasteiger partial charge on any atom is 0.250 e. The molecule has 0 unspecified atom stereocenters. The molecule has 1 aliphatic rings. The smallest absolute Gasteiger partial charge is 0.250 e. The van der Waals surface area contributed by atoms with Crippen molar-refractivity contribution in [3.05, 3.63) is 42.0 Å². The van der Waals surface area contributed by atoms with Crippen LogP contribution >= 0.6 is 0 Å². The van der Waals surface area contributed by atoms with Crippen LogP contribution < -0.4 is 4.90 Å². The van der Waals surface area contributed by atoms with E-state index in [9.17, 15) is 0 Å². The molecular formula is C15H17N7O. The number of rotatable bonds is 3. The lowest BCUT2D eigenvalue weighted by atomic mass is 9.98. The molecule has 1 saturated heterocycles. The fourth-order valence-electron chi connectivity index (χ4n) is 2.96. The highest BCUT2D eigenvalue weighted by atomic mass is 16.5. The molecule has 23 heavy (non-hydrogen) atoms. The Morgan fingerprint density at radius 2 is 2.09 bits per heavy atom. The molecule has 0 bridgehead atoms. The molecule has 1 atom stereocenters. The molecule has 0 aliphatic carbocycles. The number of tetrazole rings is 1. The van der Waals surface area contributed by atoms with E-state index in [0.717, 1.165) is 37.6 Å². The summed E-state index contributed by atoms with van der Waals surface area (Å²) in [6, 6.07) is 9.90. The third kappa shape index (κ3) is 2.67. The Hall–Kier alpha value is -2.77. The lowest BCUT2D eigenvalue weighted by Crippen LogP contribution is -2.36. The van der Waals surface area contributed by atoms with Crippen molar-refractivity contribution in [3.63, 3.8) is 0 Å². The molecule has 1 fully saturated rings. The Kier molecular flexibility index (Phi) is 3.49. The van der Waals surface area contributed by atoms with Gasteiger partial charge in [0.2, 0.25) is 11.8 Å². The summed E-state index contributed by atoms with van der Waals surface area (Å²) in [6.07, 6.45) is 2.07. The summed E-state index contributed by atoms with van der Waals surface area (Å²) in [7, 11) is 0. The first kappa shape index (κ1) is 13.9. The van der Waals surface area contributed by atoms with Crippen LogP contribution in [-0.4, -0.2) is 43.4 Å². The minimum atomic E-state index is 0.214. The van der Waals surface area contributed by atoms with Gasteiger partial charge >= 0.3 is 0 Å². The Balaban J connectivity index is 1.60. The Morgan fingerprint density at radius 3 is 2.87 bits per heavy atom. The first-order valence-electron chi connectivity index (χ1n) is 7.70. The third-order valence-corrected chi connectivity index (χ3v) is 4.05. The molecule has 0 spiro atoms. The van der Waals surface area contributed by atoms with Gasteiger partial charge in [0.15, 0.2) is 5.82 Å². The Morgan fingerprint density at radius 1 is 1.22 bits per heavy atom. The number of piperidine rings is 1. The average Bonchev–Trinajstić information content (AvgIpc) is 3.25. The van der Waals surface area contributed by atoms with Gasteiger partial charge in [0.05, 0.1) is 11.6 Å². The van der Waals surface area contributed by atoms with Crippen LogP contribution in [-0.2, 0) is 0 Å². The van der Waals surface area contributed by atoms with E-state index >= 15 is 0 Å². The quantitative estimate of drug-likeness (QED) is 0.728. The number of hydrogen-bond donors (Lipinski definition) is 0. The minimum Gasteiger partial charge on any atom is -0.339 e. The SMILES string of the molecule is Cc1noc([C@@H]2CCCN(c3nnnn3-c3ccccc3)C2)n1. The van der Waals surface area contributed by atoms with Gasteiger partial charge in [-0.3, -0.25) is 0 Å². The van der Waals surface area contributed by atoms with Crippen LogP contribution in [0.15, 0.2) is 34.9 Å². The number of para-hydroxylation sites is 1. The second-order valence-corrected chi connectivity index (χ2v) is 5.69. The van der Waals surface area contributed by atoms with Gasteiger partial charge in [-0.05, 0) is 42.3 Å². The van der Waals surface area contributed by atoms with Crippen LogP contribution in [0.2, 0.25) is 0 Å². The molecule has 3 heterocycles. The van der Waals surface area contributed by atoms with Crippen molar-refractivity contribution in [2.75, 3.05) is 18.0 Å². The van der Waals surface area contributed by atoms with Crippen molar-refractivity contribution < 1.29 is 4.52 Å². The van der Waals surface area contributed by atoms with Crippen LogP contribution in [0, 0.1) is 6.92 Å². The third-order valence-electron chi connectivity index (χ3n) is 4.05. The summed E-state index contributed by atoms with van der Waals surface area (Å²) in [6.45, 7) is 3.52. The molecule has 0 radical (unpaired) electrons. The molecule has 1 aliphatic heterocycles. The van der Waals surface area contributed by atoms with Crippen LogP contribution in [0.3, 0.4) is 0 Å². The van der Waals surface area contributed by atoms with Gasteiger partial charge < -0.3 is 9.42 Å². The average molecular weight is 311 g/mol. The molecule has 2 aromatic heterocycles. The fraction of sp³-hybridized carbons (Fsp3) is 0.400. The van der Waals surface area contributed by atoms with Crippen molar-refractivity contribution in [3.8, 4) is 5.69 Å². The van der Waals surface area contributed by atoms with Crippen LogP contribution in [0.5, 0.6) is 0 Å². The van der Waals surface area contributed by atoms with Gasteiger partial charge in [-0.15, -0.1) is 0 Å². The molecule has 4 rings (SSSR count). The van der Waals surface area contributed by atoms with Crippen molar-refractivity contribution >= 4 is 5.95 Å². The molecule has 0 saturated carbocycles. The van der Waals surface area contributed by atoms with Gasteiger partial charge in [-0.1, -0.05) is 28.5 Å². The molecule has 1 aromatic carbocycles. The molecule has 8 nitrogen and oxygen atoms in total.